The van der Waals surface area contributed by atoms with Crippen molar-refractivity contribution in [3.63, 3.8) is 0 Å². The Bertz CT molecular complexity index is 1030. The van der Waals surface area contributed by atoms with Gasteiger partial charge in [-0.2, -0.15) is 0 Å². The second-order valence-corrected chi connectivity index (χ2v) is 7.65. The second-order valence-electron chi connectivity index (χ2n) is 6.35. The Morgan fingerprint density at radius 3 is 2.39 bits per heavy atom. The first kappa shape index (κ1) is 20.0. The summed E-state index contributed by atoms with van der Waals surface area (Å²) in [7, 11) is 1.41. The van der Waals surface area contributed by atoms with E-state index < -0.39 is 11.8 Å². The molecule has 1 fully saturated rings. The molecule has 3 rings (SSSR count). The molecule has 144 valence electrons. The van der Waals surface area contributed by atoms with Gasteiger partial charge in [0.15, 0.2) is 16.6 Å². The number of hydrogen-bond acceptors (Lipinski definition) is 5. The number of phenolic OH excluding ortho intramolecular Hbond substituents is 1. The van der Waals surface area contributed by atoms with Crippen molar-refractivity contribution in [1.82, 2.24) is 5.32 Å². The van der Waals surface area contributed by atoms with Crippen LogP contribution in [0.25, 0.3) is 6.08 Å². The zero-order chi connectivity index (χ0) is 20.6. The number of benzene rings is 2. The Hall–Kier alpha value is -2.71. The average Bonchev–Trinajstić information content (AvgIpc) is 2.60. The number of ether oxygens (including phenoxy) is 1. The molecule has 2 N–H and O–H groups in total. The number of aryl methyl sites for hydroxylation is 2. The van der Waals surface area contributed by atoms with Crippen LogP contribution in [0.3, 0.4) is 0 Å². The standard InChI is InChI=1S/C20H17BrN2O4S/c1-10-4-11(2)6-14(5-10)23-19(26)15(18(25)22-20(23)28)8-12-7-13(21)9-16(27-3)17(12)24/h4-9,24H,1-3H3,(H,22,25,28)/b15-8+. The molecule has 28 heavy (non-hydrogen) atoms. The van der Waals surface area contributed by atoms with Crippen molar-refractivity contribution in [3.8, 4) is 11.5 Å². The summed E-state index contributed by atoms with van der Waals surface area (Å²) in [5.74, 6) is -1.16. The topological polar surface area (TPSA) is 78.9 Å². The number of aromatic hydroxyl groups is 1. The Kier molecular flexibility index (Phi) is 5.53. The van der Waals surface area contributed by atoms with Gasteiger partial charge in [0.05, 0.1) is 12.8 Å². The SMILES string of the molecule is COc1cc(Br)cc(/C=C2\C(=O)NC(=S)N(c3cc(C)cc(C)c3)C2=O)c1O. The molecule has 8 heteroatoms. The van der Waals surface area contributed by atoms with Crippen molar-refractivity contribution in [2.45, 2.75) is 13.8 Å². The van der Waals surface area contributed by atoms with Crippen LogP contribution in [0.1, 0.15) is 16.7 Å². The zero-order valence-corrected chi connectivity index (χ0v) is 17.8. The molecule has 0 atom stereocenters. The van der Waals surface area contributed by atoms with Crippen molar-refractivity contribution >= 4 is 56.8 Å². The smallest absolute Gasteiger partial charge is 0.270 e. The molecular formula is C20H17BrN2O4S. The molecule has 2 aromatic carbocycles. The van der Waals surface area contributed by atoms with Crippen LogP contribution < -0.4 is 15.0 Å². The number of amides is 2. The minimum Gasteiger partial charge on any atom is -0.504 e. The number of thiocarbonyl (C=S) groups is 1. The molecule has 0 bridgehead atoms. The first-order valence-electron chi connectivity index (χ1n) is 8.27. The number of halogens is 1. The van der Waals surface area contributed by atoms with Crippen LogP contribution in [0.15, 0.2) is 40.4 Å². The Morgan fingerprint density at radius 2 is 1.79 bits per heavy atom. The lowest BCUT2D eigenvalue weighted by atomic mass is 10.0. The van der Waals surface area contributed by atoms with Gasteiger partial charge >= 0.3 is 0 Å². The highest BCUT2D eigenvalue weighted by atomic mass is 79.9. The fourth-order valence-corrected chi connectivity index (χ4v) is 3.72. The first-order chi connectivity index (χ1) is 13.2. The quantitative estimate of drug-likeness (QED) is 0.415. The maximum Gasteiger partial charge on any atom is 0.270 e. The van der Waals surface area contributed by atoms with E-state index in [1.807, 2.05) is 32.0 Å². The van der Waals surface area contributed by atoms with Crippen molar-refractivity contribution in [3.05, 3.63) is 57.1 Å². The summed E-state index contributed by atoms with van der Waals surface area (Å²) in [5.41, 5.74) is 2.60. The summed E-state index contributed by atoms with van der Waals surface area (Å²) in [6.07, 6.45) is 1.32. The average molecular weight is 461 g/mol. The number of nitrogens with one attached hydrogen (secondary N) is 1. The normalized spacial score (nSPS) is 15.8. The van der Waals surface area contributed by atoms with E-state index in [0.29, 0.717) is 10.2 Å². The number of phenols is 1. The van der Waals surface area contributed by atoms with Crippen molar-refractivity contribution in [1.29, 1.82) is 0 Å². The molecule has 1 saturated heterocycles. The van der Waals surface area contributed by atoms with E-state index in [1.54, 1.807) is 12.1 Å². The lowest BCUT2D eigenvalue weighted by Gasteiger charge is -2.29. The van der Waals surface area contributed by atoms with Crippen molar-refractivity contribution < 1.29 is 19.4 Å². The monoisotopic (exact) mass is 460 g/mol. The zero-order valence-electron chi connectivity index (χ0n) is 15.4. The van der Waals surface area contributed by atoms with Crippen molar-refractivity contribution in [2.75, 3.05) is 12.0 Å². The third-order valence-electron chi connectivity index (χ3n) is 4.16. The second kappa shape index (κ2) is 7.73. The molecule has 6 nitrogen and oxygen atoms in total. The van der Waals surface area contributed by atoms with Crippen LogP contribution in [0.2, 0.25) is 0 Å². The van der Waals surface area contributed by atoms with Gasteiger partial charge in [-0.1, -0.05) is 22.0 Å². The Balaban J connectivity index is 2.10. The molecule has 0 unspecified atom stereocenters. The van der Waals surface area contributed by atoms with E-state index in [4.69, 9.17) is 17.0 Å². The van der Waals surface area contributed by atoms with E-state index in [-0.39, 0.29) is 27.7 Å². The molecule has 0 aliphatic carbocycles. The van der Waals surface area contributed by atoms with Gasteiger partial charge in [-0.15, -0.1) is 0 Å². The minimum atomic E-state index is -0.631. The fraction of sp³-hybridized carbons (Fsp3) is 0.150. The summed E-state index contributed by atoms with van der Waals surface area (Å²) in [5, 5.41) is 12.9. The van der Waals surface area contributed by atoms with Crippen LogP contribution in [0.5, 0.6) is 11.5 Å². The highest BCUT2D eigenvalue weighted by molar-refractivity contribution is 9.10. The van der Waals surface area contributed by atoms with Crippen LogP contribution >= 0.6 is 28.1 Å². The maximum atomic E-state index is 13.1. The molecule has 0 spiro atoms. The van der Waals surface area contributed by atoms with Gasteiger partial charge in [-0.3, -0.25) is 19.8 Å². The summed E-state index contributed by atoms with van der Waals surface area (Å²) < 4.78 is 5.74. The Morgan fingerprint density at radius 1 is 1.14 bits per heavy atom. The van der Waals surface area contributed by atoms with Crippen LogP contribution in [-0.2, 0) is 9.59 Å². The third-order valence-corrected chi connectivity index (χ3v) is 4.90. The molecule has 2 amide bonds. The van der Waals surface area contributed by atoms with Gasteiger partial charge in [0.25, 0.3) is 11.8 Å². The van der Waals surface area contributed by atoms with Gasteiger partial charge in [0.1, 0.15) is 5.57 Å². The number of methoxy groups -OCH3 is 1. The summed E-state index contributed by atoms with van der Waals surface area (Å²) in [4.78, 5) is 26.8. The summed E-state index contributed by atoms with van der Waals surface area (Å²) in [6, 6.07) is 8.76. The van der Waals surface area contributed by atoms with E-state index in [1.165, 1.54) is 18.1 Å². The number of hydrogen-bond donors (Lipinski definition) is 2. The number of rotatable bonds is 3. The Labute approximate surface area is 175 Å². The molecule has 0 saturated carbocycles. The number of nitrogens with zero attached hydrogens (tertiary/aromatic N) is 1. The molecule has 1 aliphatic rings. The van der Waals surface area contributed by atoms with Crippen LogP contribution in [0, 0.1) is 13.8 Å². The summed E-state index contributed by atoms with van der Waals surface area (Å²) >= 11 is 8.54. The van der Waals surface area contributed by atoms with E-state index in [0.717, 1.165) is 11.1 Å². The van der Waals surface area contributed by atoms with Gasteiger partial charge in [-0.25, -0.2) is 0 Å². The lowest BCUT2D eigenvalue weighted by molar-refractivity contribution is -0.122. The largest absolute Gasteiger partial charge is 0.504 e. The van der Waals surface area contributed by atoms with E-state index >= 15 is 0 Å². The van der Waals surface area contributed by atoms with Crippen LogP contribution in [-0.4, -0.2) is 29.1 Å². The first-order valence-corrected chi connectivity index (χ1v) is 9.47. The molecule has 1 heterocycles. The van der Waals surface area contributed by atoms with Gasteiger partial charge in [0, 0.05) is 10.0 Å². The fourth-order valence-electron chi connectivity index (χ4n) is 2.99. The highest BCUT2D eigenvalue weighted by Crippen LogP contribution is 2.35. The lowest BCUT2D eigenvalue weighted by Crippen LogP contribution is -2.54. The maximum absolute atomic E-state index is 13.1. The molecule has 2 aromatic rings. The van der Waals surface area contributed by atoms with E-state index in [9.17, 15) is 14.7 Å². The van der Waals surface area contributed by atoms with E-state index in [2.05, 4.69) is 21.2 Å². The minimum absolute atomic E-state index is 0.00759. The number of anilines is 1. The molecule has 0 aromatic heterocycles. The number of carbonyl (C=O) groups excluding carboxylic acids is 2. The third kappa shape index (κ3) is 3.79. The van der Waals surface area contributed by atoms with Crippen molar-refractivity contribution in [2.24, 2.45) is 0 Å². The number of carbonyl (C=O) groups is 2. The summed E-state index contributed by atoms with van der Waals surface area (Å²) in [6.45, 7) is 3.82. The predicted molar refractivity (Wildman–Crippen MR) is 114 cm³/mol. The van der Waals surface area contributed by atoms with Gasteiger partial charge in [0.2, 0.25) is 0 Å². The molecular weight excluding hydrogens is 444 g/mol. The van der Waals surface area contributed by atoms with Crippen LogP contribution in [0.4, 0.5) is 5.69 Å². The van der Waals surface area contributed by atoms with Gasteiger partial charge < -0.3 is 9.84 Å². The molecule has 1 aliphatic heterocycles. The highest BCUT2D eigenvalue weighted by Gasteiger charge is 2.35. The van der Waals surface area contributed by atoms with Gasteiger partial charge in [-0.05, 0) is 67.5 Å². The molecule has 0 radical (unpaired) electrons. The predicted octanol–water partition coefficient (Wildman–Crippen LogP) is 3.61.